The lowest BCUT2D eigenvalue weighted by atomic mass is 10.2. The summed E-state index contributed by atoms with van der Waals surface area (Å²) in [7, 11) is 1.46. The number of aromatic nitrogens is 2. The number of thiol groups is 1. The van der Waals surface area contributed by atoms with Crippen molar-refractivity contribution in [1.82, 2.24) is 23.9 Å². The predicted octanol–water partition coefficient (Wildman–Crippen LogP) is 3.36. The molecule has 0 saturated carbocycles. The van der Waals surface area contributed by atoms with E-state index in [1.165, 1.54) is 41.8 Å². The smallest absolute Gasteiger partial charge is 0.219 e. The van der Waals surface area contributed by atoms with Gasteiger partial charge in [0.25, 0.3) is 0 Å². The highest BCUT2D eigenvalue weighted by Gasteiger charge is 2.19. The predicted molar refractivity (Wildman–Crippen MR) is 123 cm³/mol. The summed E-state index contributed by atoms with van der Waals surface area (Å²) in [5.41, 5.74) is 5.82. The van der Waals surface area contributed by atoms with Gasteiger partial charge in [-0.2, -0.15) is 4.98 Å². The fraction of sp³-hybridized carbons (Fsp3) is 0.444. The van der Waals surface area contributed by atoms with E-state index in [-0.39, 0.29) is 17.1 Å². The molecule has 1 aliphatic heterocycles. The zero-order chi connectivity index (χ0) is 22.8. The Hall–Kier alpha value is -1.35. The van der Waals surface area contributed by atoms with Crippen LogP contribution in [0.4, 0.5) is 14.6 Å². The number of halogens is 2. The van der Waals surface area contributed by atoms with Crippen LogP contribution in [0, 0.1) is 11.6 Å². The van der Waals surface area contributed by atoms with Gasteiger partial charge in [-0.3, -0.25) is 9.51 Å². The van der Waals surface area contributed by atoms with E-state index in [0.717, 1.165) is 49.8 Å². The van der Waals surface area contributed by atoms with Crippen LogP contribution < -0.4 is 10.5 Å². The molecule has 0 amide bonds. The third-order valence-corrected chi connectivity index (χ3v) is 6.03. The number of anilines is 1. The number of thioether (sulfide) groups is 1. The van der Waals surface area contributed by atoms with E-state index in [1.807, 2.05) is 16.2 Å². The van der Waals surface area contributed by atoms with E-state index < -0.39 is 11.6 Å². The monoisotopic (exact) mass is 492 g/mol. The molecule has 0 bridgehead atoms. The average Bonchev–Trinajstić information content (AvgIpc) is 2.75. The van der Waals surface area contributed by atoms with E-state index in [4.69, 9.17) is 10.5 Å². The Morgan fingerprint density at radius 1 is 1.26 bits per heavy atom. The Morgan fingerprint density at radius 3 is 2.61 bits per heavy atom. The molecule has 0 unspecified atom stereocenters. The van der Waals surface area contributed by atoms with Gasteiger partial charge in [-0.25, -0.2) is 18.8 Å². The summed E-state index contributed by atoms with van der Waals surface area (Å²) in [4.78, 5) is 8.04. The summed E-state index contributed by atoms with van der Waals surface area (Å²) in [5, 5.41) is 11.7. The molecule has 1 aromatic carbocycles. The van der Waals surface area contributed by atoms with Gasteiger partial charge < -0.3 is 10.5 Å². The molecule has 31 heavy (non-hydrogen) atoms. The summed E-state index contributed by atoms with van der Waals surface area (Å²) < 4.78 is 34.6. The molecule has 1 fully saturated rings. The number of ether oxygens (including phenoxy) is 1. The molecule has 3 N–H and O–H groups in total. The number of methoxy groups -OCH3 is 1. The second-order valence-electron chi connectivity index (χ2n) is 6.20. The van der Waals surface area contributed by atoms with E-state index in [1.54, 1.807) is 0 Å². The minimum absolute atomic E-state index is 0.205. The highest BCUT2D eigenvalue weighted by molar-refractivity contribution is 7.98. The minimum atomic E-state index is -0.871. The maximum atomic E-state index is 13.5. The molecule has 8 nitrogen and oxygen atoms in total. The van der Waals surface area contributed by atoms with E-state index in [0.29, 0.717) is 11.0 Å². The Labute approximate surface area is 194 Å². The van der Waals surface area contributed by atoms with Crippen LogP contribution in [0.2, 0.25) is 0 Å². The Morgan fingerprint density at radius 2 is 1.97 bits per heavy atom. The summed E-state index contributed by atoms with van der Waals surface area (Å²) in [6.07, 6.45) is 0. The van der Waals surface area contributed by atoms with Crippen LogP contribution in [0.5, 0.6) is 5.88 Å². The second kappa shape index (κ2) is 13.3. The molecule has 0 atom stereocenters. The van der Waals surface area contributed by atoms with Crippen LogP contribution in [0.1, 0.15) is 12.5 Å². The van der Waals surface area contributed by atoms with Crippen molar-refractivity contribution in [2.45, 2.75) is 17.8 Å². The molecule has 1 aromatic heterocycles. The zero-order valence-corrected chi connectivity index (χ0v) is 19.8. The topological polar surface area (TPSA) is 91.0 Å². The summed E-state index contributed by atoms with van der Waals surface area (Å²) in [5.74, 6) is -0.0489. The highest BCUT2D eigenvalue weighted by Crippen LogP contribution is 2.24. The van der Waals surface area contributed by atoms with E-state index in [2.05, 4.69) is 22.8 Å². The van der Waals surface area contributed by atoms with E-state index in [9.17, 15) is 14.0 Å². The van der Waals surface area contributed by atoms with Crippen LogP contribution in [0.3, 0.4) is 0 Å². The lowest BCUT2D eigenvalue weighted by Crippen LogP contribution is -2.48. The highest BCUT2D eigenvalue weighted by atomic mass is 32.2. The van der Waals surface area contributed by atoms with Crippen molar-refractivity contribution in [2.75, 3.05) is 44.8 Å². The molecule has 1 aliphatic rings. The van der Waals surface area contributed by atoms with E-state index >= 15 is 0 Å². The van der Waals surface area contributed by atoms with Gasteiger partial charge >= 0.3 is 0 Å². The first kappa shape index (κ1) is 25.9. The van der Waals surface area contributed by atoms with Crippen molar-refractivity contribution in [3.63, 3.8) is 0 Å². The van der Waals surface area contributed by atoms with Crippen molar-refractivity contribution >= 4 is 42.3 Å². The number of hydrazine groups is 1. The number of nitrogens with two attached hydrogens (primary N) is 1. The number of piperazine rings is 1. The molecule has 2 aromatic rings. The van der Waals surface area contributed by atoms with Crippen LogP contribution >= 0.6 is 36.5 Å². The fourth-order valence-corrected chi connectivity index (χ4v) is 4.01. The first-order valence-corrected chi connectivity index (χ1v) is 11.7. The maximum Gasteiger partial charge on any atom is 0.219 e. The molecular weight excluding hydrogens is 466 g/mol. The van der Waals surface area contributed by atoms with Gasteiger partial charge in [-0.05, 0) is 18.0 Å². The molecular formula is C18H26F2N6O2S3. The Balaban J connectivity index is 0.000000245. The maximum absolute atomic E-state index is 13.5. The number of rotatable bonds is 7. The first-order chi connectivity index (χ1) is 14.8. The Kier molecular flexibility index (Phi) is 11.1. The quantitative estimate of drug-likeness (QED) is 0.176. The number of nitrogen functional groups attached to an aromatic ring is 1. The van der Waals surface area contributed by atoms with Gasteiger partial charge in [-0.15, -0.1) is 0 Å². The van der Waals surface area contributed by atoms with Crippen molar-refractivity contribution in [3.05, 3.63) is 41.5 Å². The molecule has 0 radical (unpaired) electrons. The normalized spacial score (nSPS) is 14.9. The molecule has 13 heteroatoms. The van der Waals surface area contributed by atoms with Gasteiger partial charge in [0.2, 0.25) is 5.88 Å². The summed E-state index contributed by atoms with van der Waals surface area (Å²) in [6, 6.07) is 5.51. The molecule has 172 valence electrons. The number of hydrogen-bond donors (Lipinski definition) is 3. The van der Waals surface area contributed by atoms with Gasteiger partial charge in [0.05, 0.1) is 7.11 Å². The van der Waals surface area contributed by atoms with Gasteiger partial charge in [-0.1, -0.05) is 48.2 Å². The average molecular weight is 493 g/mol. The van der Waals surface area contributed by atoms with Gasteiger partial charge in [0.1, 0.15) is 5.82 Å². The zero-order valence-electron chi connectivity index (χ0n) is 17.2. The number of hydrogen-bond acceptors (Lipinski definition) is 11. The van der Waals surface area contributed by atoms with Crippen molar-refractivity contribution in [3.8, 4) is 5.88 Å². The molecule has 0 spiro atoms. The van der Waals surface area contributed by atoms with Gasteiger partial charge in [0.15, 0.2) is 16.8 Å². The largest absolute Gasteiger partial charge is 0.481 e. The van der Waals surface area contributed by atoms with Crippen LogP contribution in [-0.4, -0.2) is 68.1 Å². The second-order valence-corrected chi connectivity index (χ2v) is 8.87. The lowest BCUT2D eigenvalue weighted by molar-refractivity contribution is -0.165. The minimum Gasteiger partial charge on any atom is -0.481 e. The molecule has 3 rings (SSSR count). The standard InChI is InChI=1S/C12H11F2N3OS.C6H15N3OS2/c1-18-10-5-9(15)16-12(17-10)19-6-7-3-2-4-8(13)11(7)14;1-2-12-9(10)7-3-5-8(11)6-4-7/h2-5H,6H2,1H3,(H2,15,16,17);10-11H,2-6H2,1H3. The third-order valence-electron chi connectivity index (χ3n) is 4.02. The van der Waals surface area contributed by atoms with Crippen LogP contribution in [0.15, 0.2) is 29.4 Å². The molecule has 1 saturated heterocycles. The number of nitrogens with zero attached hydrogens (tertiary/aromatic N) is 5. The Bertz CT molecular complexity index is 831. The SMILES string of the molecule is CCSN(O)N1CCN(S)CC1.COc1cc(N)nc(SCc2cccc(F)c2F)n1. The summed E-state index contributed by atoms with van der Waals surface area (Å²) >= 11 is 6.78. The molecule has 0 aliphatic carbocycles. The lowest BCUT2D eigenvalue weighted by Gasteiger charge is -2.34. The molecule has 2 heterocycles. The third kappa shape index (κ3) is 8.60. The first-order valence-electron chi connectivity index (χ1n) is 9.38. The van der Waals surface area contributed by atoms with Crippen molar-refractivity contribution < 1.29 is 18.7 Å². The van der Waals surface area contributed by atoms with Gasteiger partial charge in [0, 0.05) is 49.3 Å². The summed E-state index contributed by atoms with van der Waals surface area (Å²) in [6.45, 7) is 5.48. The van der Waals surface area contributed by atoms with Crippen LogP contribution in [-0.2, 0) is 5.75 Å². The fourth-order valence-electron chi connectivity index (χ4n) is 2.45. The van der Waals surface area contributed by atoms with Crippen LogP contribution in [0.25, 0.3) is 0 Å². The van der Waals surface area contributed by atoms with Crippen molar-refractivity contribution in [2.24, 2.45) is 0 Å². The number of benzene rings is 1. The van der Waals surface area contributed by atoms with Crippen molar-refractivity contribution in [1.29, 1.82) is 0 Å².